The van der Waals surface area contributed by atoms with Crippen LogP contribution in [0.4, 0.5) is 18.9 Å². The zero-order chi connectivity index (χ0) is 23.9. The van der Waals surface area contributed by atoms with Gasteiger partial charge in [0.05, 0.1) is 29.1 Å². The summed E-state index contributed by atoms with van der Waals surface area (Å²) in [5.74, 6) is -0.225. The number of primary amides is 1. The minimum atomic E-state index is -4.49. The fraction of sp³-hybridized carbons (Fsp3) is 0.478. The molecule has 2 aromatic rings. The van der Waals surface area contributed by atoms with Gasteiger partial charge in [0, 0.05) is 25.0 Å². The number of benzene rings is 1. The van der Waals surface area contributed by atoms with Crippen molar-refractivity contribution >= 4 is 11.6 Å². The maximum absolute atomic E-state index is 13.0. The van der Waals surface area contributed by atoms with E-state index in [-0.39, 0.29) is 17.3 Å². The molecule has 1 saturated carbocycles. The van der Waals surface area contributed by atoms with E-state index in [0.29, 0.717) is 11.6 Å². The number of rotatable bonds is 4. The van der Waals surface area contributed by atoms with Crippen LogP contribution in [0.25, 0.3) is 0 Å². The Morgan fingerprint density at radius 2 is 1.84 bits per heavy atom. The van der Waals surface area contributed by atoms with Crippen LogP contribution < -0.4 is 10.6 Å². The quantitative estimate of drug-likeness (QED) is 0.708. The Morgan fingerprint density at radius 3 is 2.31 bits per heavy atom. The summed E-state index contributed by atoms with van der Waals surface area (Å²) in [6.07, 6.45) is 3.95. The van der Waals surface area contributed by atoms with Crippen molar-refractivity contribution in [3.8, 4) is 6.07 Å². The molecule has 0 radical (unpaired) electrons. The number of aromatic nitrogens is 2. The van der Waals surface area contributed by atoms with E-state index in [4.69, 9.17) is 11.0 Å². The molecular formula is C23H28F3N5O. The topological polar surface area (TPSA) is 95.9 Å². The third-order valence-corrected chi connectivity index (χ3v) is 5.47. The first-order valence-corrected chi connectivity index (χ1v) is 10.5. The van der Waals surface area contributed by atoms with Crippen LogP contribution in [0.15, 0.2) is 30.6 Å². The summed E-state index contributed by atoms with van der Waals surface area (Å²) < 4.78 is 38.9. The van der Waals surface area contributed by atoms with Crippen LogP contribution in [-0.4, -0.2) is 29.0 Å². The van der Waals surface area contributed by atoms with Gasteiger partial charge in [-0.15, -0.1) is 0 Å². The largest absolute Gasteiger partial charge is 0.417 e. The summed E-state index contributed by atoms with van der Waals surface area (Å²) in [4.78, 5) is 20.4. The average Bonchev–Trinajstić information content (AvgIpc) is 2.78. The fourth-order valence-electron chi connectivity index (χ4n) is 3.53. The van der Waals surface area contributed by atoms with Crippen molar-refractivity contribution in [1.29, 1.82) is 5.26 Å². The van der Waals surface area contributed by atoms with Gasteiger partial charge in [-0.05, 0) is 37.0 Å². The van der Waals surface area contributed by atoms with Crippen molar-refractivity contribution < 1.29 is 18.0 Å². The van der Waals surface area contributed by atoms with Crippen LogP contribution in [0.5, 0.6) is 0 Å². The van der Waals surface area contributed by atoms with Crippen LogP contribution in [0.1, 0.15) is 79.2 Å². The van der Waals surface area contributed by atoms with Gasteiger partial charge >= 0.3 is 6.18 Å². The van der Waals surface area contributed by atoms with Gasteiger partial charge in [0.15, 0.2) is 0 Å². The van der Waals surface area contributed by atoms with Crippen LogP contribution >= 0.6 is 0 Å². The van der Waals surface area contributed by atoms with E-state index < -0.39 is 17.6 Å². The zero-order valence-electron chi connectivity index (χ0n) is 18.5. The summed E-state index contributed by atoms with van der Waals surface area (Å²) in [6.45, 7) is 4.02. The molecule has 6 nitrogen and oxygen atoms in total. The van der Waals surface area contributed by atoms with Gasteiger partial charge in [0.25, 0.3) is 5.91 Å². The third-order valence-electron chi connectivity index (χ3n) is 5.47. The zero-order valence-corrected chi connectivity index (χ0v) is 18.5. The molecule has 1 aliphatic rings. The lowest BCUT2D eigenvalue weighted by atomic mass is 9.94. The average molecular weight is 448 g/mol. The number of halogens is 3. The first-order chi connectivity index (χ1) is 15.0. The molecule has 0 atom stereocenters. The number of carbonyl (C=O) groups is 1. The monoisotopic (exact) mass is 447 g/mol. The van der Waals surface area contributed by atoms with Crippen LogP contribution in [0.2, 0.25) is 0 Å². The number of alkyl halides is 3. The summed E-state index contributed by atoms with van der Waals surface area (Å²) >= 11 is 0. The van der Waals surface area contributed by atoms with E-state index in [1.807, 2.05) is 25.8 Å². The molecule has 0 spiro atoms. The third kappa shape index (κ3) is 6.67. The highest BCUT2D eigenvalue weighted by molar-refractivity contribution is 5.90. The normalized spacial score (nSPS) is 14.3. The van der Waals surface area contributed by atoms with Gasteiger partial charge in [0.1, 0.15) is 5.69 Å². The van der Waals surface area contributed by atoms with Crippen molar-refractivity contribution in [3.63, 3.8) is 0 Å². The Balaban J connectivity index is 0.000000258. The van der Waals surface area contributed by atoms with Gasteiger partial charge < -0.3 is 10.6 Å². The summed E-state index contributed by atoms with van der Waals surface area (Å²) in [5, 5.41) is 8.80. The van der Waals surface area contributed by atoms with Crippen LogP contribution in [-0.2, 0) is 6.18 Å². The molecule has 0 unspecified atom stereocenters. The number of hydrogen-bond donors (Lipinski definition) is 1. The van der Waals surface area contributed by atoms with Crippen molar-refractivity contribution in [2.75, 3.05) is 11.9 Å². The van der Waals surface area contributed by atoms with Gasteiger partial charge in [-0.2, -0.15) is 18.4 Å². The SMILES string of the molecule is CC(C)c1cnc(C(N)=O)cn1.CN(c1ccc(C#N)c(C(F)(F)F)c1)C1CCCCC1. The molecule has 1 heterocycles. The molecule has 32 heavy (non-hydrogen) atoms. The molecule has 1 fully saturated rings. The lowest BCUT2D eigenvalue weighted by molar-refractivity contribution is -0.137. The molecule has 0 aliphatic heterocycles. The van der Waals surface area contributed by atoms with E-state index in [1.165, 1.54) is 18.7 Å². The number of carbonyl (C=O) groups excluding carboxylic acids is 1. The minimum absolute atomic E-state index is 0.208. The number of hydrogen-bond acceptors (Lipinski definition) is 5. The number of nitrogens with zero attached hydrogens (tertiary/aromatic N) is 4. The molecule has 0 bridgehead atoms. The second-order valence-corrected chi connectivity index (χ2v) is 8.09. The Morgan fingerprint density at radius 1 is 1.19 bits per heavy atom. The molecule has 0 saturated heterocycles. The molecule has 1 aliphatic carbocycles. The highest BCUT2D eigenvalue weighted by Gasteiger charge is 2.34. The molecule has 1 aromatic heterocycles. The first kappa shape index (κ1) is 25.1. The van der Waals surface area contributed by atoms with Gasteiger partial charge in [-0.1, -0.05) is 33.1 Å². The second-order valence-electron chi connectivity index (χ2n) is 8.09. The molecule has 3 rings (SSSR count). The van der Waals surface area contributed by atoms with Crippen molar-refractivity contribution in [2.45, 2.75) is 64.1 Å². The van der Waals surface area contributed by atoms with Gasteiger partial charge in [-0.25, -0.2) is 4.98 Å². The lowest BCUT2D eigenvalue weighted by Crippen LogP contribution is -2.33. The van der Waals surface area contributed by atoms with E-state index in [2.05, 4.69) is 9.97 Å². The predicted molar refractivity (Wildman–Crippen MR) is 116 cm³/mol. The molecule has 1 aromatic carbocycles. The van der Waals surface area contributed by atoms with Gasteiger partial charge in [-0.3, -0.25) is 9.78 Å². The smallest absolute Gasteiger partial charge is 0.372 e. The van der Waals surface area contributed by atoms with Gasteiger partial charge in [0.2, 0.25) is 0 Å². The van der Waals surface area contributed by atoms with E-state index in [0.717, 1.165) is 37.4 Å². The highest BCUT2D eigenvalue weighted by Crippen LogP contribution is 2.35. The second kappa shape index (κ2) is 10.9. The number of anilines is 1. The van der Waals surface area contributed by atoms with E-state index in [1.54, 1.807) is 18.3 Å². The fourth-order valence-corrected chi connectivity index (χ4v) is 3.53. The maximum Gasteiger partial charge on any atom is 0.417 e. The Hall–Kier alpha value is -3.15. The molecule has 172 valence electrons. The predicted octanol–water partition coefficient (Wildman–Crippen LogP) is 5.04. The number of nitrogens with two attached hydrogens (primary N) is 1. The summed E-state index contributed by atoms with van der Waals surface area (Å²) in [5.41, 5.74) is 5.43. The Labute approximate surface area is 186 Å². The highest BCUT2D eigenvalue weighted by atomic mass is 19.4. The molecule has 2 N–H and O–H groups in total. The molecular weight excluding hydrogens is 419 g/mol. The molecule has 1 amide bonds. The Bertz CT molecular complexity index is 946. The van der Waals surface area contributed by atoms with Crippen molar-refractivity contribution in [2.24, 2.45) is 5.73 Å². The van der Waals surface area contributed by atoms with Crippen molar-refractivity contribution in [1.82, 2.24) is 9.97 Å². The Kier molecular flexibility index (Phi) is 8.58. The van der Waals surface area contributed by atoms with Crippen LogP contribution in [0.3, 0.4) is 0 Å². The maximum atomic E-state index is 13.0. The standard InChI is InChI=1S/C15H17F3N2.C8H11N3O/c1-20(12-5-3-2-4-6-12)13-8-7-11(10-19)14(9-13)15(16,17)18;1-5(2)6-3-11-7(4-10-6)8(9)12/h7-9,12H,2-6H2,1H3;3-5H,1-2H3,(H2,9,12). The van der Waals surface area contributed by atoms with E-state index in [9.17, 15) is 18.0 Å². The minimum Gasteiger partial charge on any atom is -0.372 e. The number of nitriles is 1. The van der Waals surface area contributed by atoms with E-state index >= 15 is 0 Å². The number of amides is 1. The summed E-state index contributed by atoms with van der Waals surface area (Å²) in [7, 11) is 1.83. The molecule has 9 heteroatoms. The van der Waals surface area contributed by atoms with Crippen molar-refractivity contribution in [3.05, 3.63) is 53.1 Å². The summed E-state index contributed by atoms with van der Waals surface area (Å²) in [6, 6.07) is 5.85. The lowest BCUT2D eigenvalue weighted by Gasteiger charge is -2.33. The first-order valence-electron chi connectivity index (χ1n) is 10.5. The van der Waals surface area contributed by atoms with Crippen LogP contribution in [0, 0.1) is 11.3 Å².